The molecule has 0 aliphatic heterocycles. The molecule has 0 saturated heterocycles. The molecule has 0 amide bonds. The van der Waals surface area contributed by atoms with E-state index < -0.39 is 24.5 Å². The van der Waals surface area contributed by atoms with Crippen LogP contribution in [0.5, 0.6) is 0 Å². The summed E-state index contributed by atoms with van der Waals surface area (Å²) < 4.78 is 76.0. The van der Waals surface area contributed by atoms with Gasteiger partial charge in [-0.3, -0.25) is 14.9 Å². The molecule has 2 heterocycles. The largest absolute Gasteiger partial charge is 0.416 e. The molecule has 40 heavy (non-hydrogen) atoms. The molecule has 0 atom stereocenters. The van der Waals surface area contributed by atoms with Crippen molar-refractivity contribution in [3.63, 3.8) is 0 Å². The molecular formula is C31H37F6N3. The number of halogens is 6. The summed E-state index contributed by atoms with van der Waals surface area (Å²) in [5.41, 5.74) is 1.93. The van der Waals surface area contributed by atoms with Crippen LogP contribution in [0.1, 0.15) is 75.8 Å². The van der Waals surface area contributed by atoms with Gasteiger partial charge in [0.2, 0.25) is 0 Å². The van der Waals surface area contributed by atoms with Crippen molar-refractivity contribution >= 4 is 21.7 Å². The Bertz CT molecular complexity index is 1380. The van der Waals surface area contributed by atoms with Crippen molar-refractivity contribution < 1.29 is 26.3 Å². The normalized spacial score (nSPS) is 12.0. The molecule has 0 aliphatic carbocycles. The molecule has 3 nitrogen and oxygen atoms in total. The number of rotatable bonds is 5. The summed E-state index contributed by atoms with van der Waals surface area (Å²) >= 11 is 0. The molecule has 2 aromatic heterocycles. The van der Waals surface area contributed by atoms with Crippen LogP contribution < -0.4 is 0 Å². The highest BCUT2D eigenvalue weighted by Crippen LogP contribution is 2.38. The highest BCUT2D eigenvalue weighted by Gasteiger charge is 2.35. The highest BCUT2D eigenvalue weighted by atomic mass is 19.4. The first-order chi connectivity index (χ1) is 18.7. The molecule has 0 fully saturated rings. The number of hydrogen-bond acceptors (Lipinski definition) is 3. The Balaban J connectivity index is 0.000000269. The van der Waals surface area contributed by atoms with Crippen LogP contribution in [0.2, 0.25) is 0 Å². The van der Waals surface area contributed by atoms with E-state index in [1.165, 1.54) is 24.2 Å². The SMILES string of the molecule is CC.CC(C)c1c(C(F)(F)F)ccc2cccnc12.CC(C)c1ncc(CN(C)CC(F)(F)F)c2ccccc12. The first kappa shape index (κ1) is 33.0. The maximum atomic E-state index is 12.9. The van der Waals surface area contributed by atoms with E-state index in [4.69, 9.17) is 0 Å². The number of benzene rings is 2. The van der Waals surface area contributed by atoms with Crippen LogP contribution in [-0.2, 0) is 12.7 Å². The molecule has 9 heteroatoms. The second-order valence-electron chi connectivity index (χ2n) is 9.91. The van der Waals surface area contributed by atoms with E-state index in [0.717, 1.165) is 33.5 Å². The van der Waals surface area contributed by atoms with Gasteiger partial charge < -0.3 is 0 Å². The molecule has 0 aliphatic rings. The zero-order chi connectivity index (χ0) is 30.3. The van der Waals surface area contributed by atoms with Crippen LogP contribution >= 0.6 is 0 Å². The van der Waals surface area contributed by atoms with Gasteiger partial charge in [0.1, 0.15) is 0 Å². The first-order valence-corrected chi connectivity index (χ1v) is 13.3. The van der Waals surface area contributed by atoms with Gasteiger partial charge in [0, 0.05) is 29.7 Å². The van der Waals surface area contributed by atoms with Gasteiger partial charge in [0.25, 0.3) is 0 Å². The van der Waals surface area contributed by atoms with Crippen molar-refractivity contribution in [1.82, 2.24) is 14.9 Å². The molecule has 0 spiro atoms. The van der Waals surface area contributed by atoms with Crippen LogP contribution in [0.15, 0.2) is 60.9 Å². The van der Waals surface area contributed by atoms with Gasteiger partial charge in [0.15, 0.2) is 0 Å². The average Bonchev–Trinajstić information content (AvgIpc) is 2.87. The van der Waals surface area contributed by atoms with Crippen molar-refractivity contribution in [1.29, 1.82) is 0 Å². The monoisotopic (exact) mass is 565 g/mol. The van der Waals surface area contributed by atoms with E-state index in [0.29, 0.717) is 5.52 Å². The van der Waals surface area contributed by atoms with Gasteiger partial charge in [0.05, 0.1) is 23.3 Å². The molecule has 0 bridgehead atoms. The van der Waals surface area contributed by atoms with Crippen molar-refractivity contribution in [2.45, 2.75) is 72.3 Å². The maximum absolute atomic E-state index is 12.9. The summed E-state index contributed by atoms with van der Waals surface area (Å²) in [6, 6.07) is 13.9. The lowest BCUT2D eigenvalue weighted by Gasteiger charge is -2.20. The fourth-order valence-electron chi connectivity index (χ4n) is 4.51. The minimum Gasteiger partial charge on any atom is -0.294 e. The van der Waals surface area contributed by atoms with E-state index in [1.54, 1.807) is 32.2 Å². The maximum Gasteiger partial charge on any atom is 0.416 e. The Morgan fingerprint density at radius 2 is 1.40 bits per heavy atom. The standard InChI is InChI=1S/C16H19F3N2.C13H12F3N.C2H6/c1-11(2)15-14-7-5-4-6-13(14)12(8-20-15)9-21(3)10-16(17,18)19;1-8(2)11-10(13(14,15)16)6-5-9-4-3-7-17-12(9)11;1-2/h4-8,11H,9-10H2,1-3H3;3-8H,1-2H3;1-2H3. The lowest BCUT2D eigenvalue weighted by Crippen LogP contribution is -2.30. The van der Waals surface area contributed by atoms with E-state index in [9.17, 15) is 26.3 Å². The fourth-order valence-corrected chi connectivity index (χ4v) is 4.51. The van der Waals surface area contributed by atoms with E-state index in [1.807, 2.05) is 38.1 Å². The summed E-state index contributed by atoms with van der Waals surface area (Å²) in [6.07, 6.45) is -5.29. The van der Waals surface area contributed by atoms with Crippen LogP contribution in [0.4, 0.5) is 26.3 Å². The Kier molecular flexibility index (Phi) is 11.5. The molecule has 218 valence electrons. The topological polar surface area (TPSA) is 29.0 Å². The zero-order valence-corrected chi connectivity index (χ0v) is 24.0. The quantitative estimate of drug-likeness (QED) is 0.226. The number of pyridine rings is 2. The summed E-state index contributed by atoms with van der Waals surface area (Å²) in [7, 11) is 1.47. The van der Waals surface area contributed by atoms with Crippen LogP contribution in [-0.4, -0.2) is 34.6 Å². The third-order valence-corrected chi connectivity index (χ3v) is 6.04. The van der Waals surface area contributed by atoms with Crippen molar-refractivity contribution in [2.24, 2.45) is 0 Å². The number of aromatic nitrogens is 2. The molecule has 4 aromatic rings. The smallest absolute Gasteiger partial charge is 0.294 e. The molecule has 0 radical (unpaired) electrons. The van der Waals surface area contributed by atoms with Gasteiger partial charge in [-0.05, 0) is 47.5 Å². The lowest BCUT2D eigenvalue weighted by molar-refractivity contribution is -0.144. The Morgan fingerprint density at radius 1 is 0.775 bits per heavy atom. The minimum absolute atomic E-state index is 0.217. The summed E-state index contributed by atoms with van der Waals surface area (Å²) in [6.45, 7) is 10.9. The number of hydrogen-bond donors (Lipinski definition) is 0. The van der Waals surface area contributed by atoms with E-state index >= 15 is 0 Å². The second-order valence-corrected chi connectivity index (χ2v) is 9.91. The van der Waals surface area contributed by atoms with E-state index in [-0.39, 0.29) is 23.9 Å². The van der Waals surface area contributed by atoms with E-state index in [2.05, 4.69) is 23.8 Å². The molecule has 0 saturated carbocycles. The van der Waals surface area contributed by atoms with Gasteiger partial charge in [-0.1, -0.05) is 77.9 Å². The minimum atomic E-state index is -4.33. The third-order valence-electron chi connectivity index (χ3n) is 6.04. The zero-order valence-electron chi connectivity index (χ0n) is 24.0. The summed E-state index contributed by atoms with van der Waals surface area (Å²) in [5, 5.41) is 2.74. The van der Waals surface area contributed by atoms with Crippen LogP contribution in [0, 0.1) is 0 Å². The molecule has 4 rings (SSSR count). The van der Waals surface area contributed by atoms with Gasteiger partial charge in [-0.25, -0.2) is 0 Å². The fraction of sp³-hybridized carbons (Fsp3) is 0.419. The predicted octanol–water partition coefficient (Wildman–Crippen LogP) is 9.76. The van der Waals surface area contributed by atoms with Crippen molar-refractivity contribution in [2.75, 3.05) is 13.6 Å². The highest BCUT2D eigenvalue weighted by molar-refractivity contribution is 5.87. The average molecular weight is 566 g/mol. The lowest BCUT2D eigenvalue weighted by atomic mass is 9.93. The Morgan fingerprint density at radius 3 is 1.95 bits per heavy atom. The molecule has 2 aromatic carbocycles. The van der Waals surface area contributed by atoms with Crippen molar-refractivity contribution in [3.8, 4) is 0 Å². The Labute approximate surface area is 232 Å². The Hall–Kier alpha value is -3.20. The third kappa shape index (κ3) is 8.65. The summed E-state index contributed by atoms with van der Waals surface area (Å²) in [4.78, 5) is 9.79. The first-order valence-electron chi connectivity index (χ1n) is 13.3. The van der Waals surface area contributed by atoms with Crippen LogP contribution in [0.3, 0.4) is 0 Å². The van der Waals surface area contributed by atoms with Crippen molar-refractivity contribution in [3.05, 3.63) is 83.3 Å². The van der Waals surface area contributed by atoms with Gasteiger partial charge in [-0.15, -0.1) is 0 Å². The predicted molar refractivity (Wildman–Crippen MR) is 150 cm³/mol. The molecule has 0 N–H and O–H groups in total. The molecule has 0 unspecified atom stereocenters. The molecular weight excluding hydrogens is 528 g/mol. The number of nitrogens with zero attached hydrogens (tertiary/aromatic N) is 3. The van der Waals surface area contributed by atoms with Gasteiger partial charge in [-0.2, -0.15) is 26.3 Å². The van der Waals surface area contributed by atoms with Crippen LogP contribution in [0.25, 0.3) is 21.7 Å². The number of alkyl halides is 6. The second kappa shape index (κ2) is 13.9. The summed E-state index contributed by atoms with van der Waals surface area (Å²) in [5.74, 6) is 0.0575. The van der Waals surface area contributed by atoms with Gasteiger partial charge >= 0.3 is 12.4 Å². The number of fused-ring (bicyclic) bond motifs is 2.